The van der Waals surface area contributed by atoms with Crippen molar-refractivity contribution in [2.45, 2.75) is 82.2 Å². The quantitative estimate of drug-likeness (QED) is 0.196. The van der Waals surface area contributed by atoms with Gasteiger partial charge in [-0.2, -0.15) is 5.26 Å². The van der Waals surface area contributed by atoms with Crippen LogP contribution in [0.1, 0.15) is 80.3 Å². The molecule has 2 fully saturated rings. The molecule has 224 valence electrons. The molecule has 1 aliphatic heterocycles. The van der Waals surface area contributed by atoms with Crippen LogP contribution in [0.2, 0.25) is 0 Å². The molecule has 8 nitrogen and oxygen atoms in total. The van der Waals surface area contributed by atoms with Crippen LogP contribution in [0.5, 0.6) is 0 Å². The fraction of sp³-hybridized carbons (Fsp3) is 0.667. The minimum atomic E-state index is -0.418. The molecule has 3 aliphatic rings. The van der Waals surface area contributed by atoms with Crippen LogP contribution in [-0.4, -0.2) is 69.0 Å². The van der Waals surface area contributed by atoms with Crippen LogP contribution in [0.4, 0.5) is 0 Å². The predicted molar refractivity (Wildman–Crippen MR) is 167 cm³/mol. The van der Waals surface area contributed by atoms with E-state index in [1.165, 1.54) is 11.1 Å². The minimum Gasteiger partial charge on any atom is -0.392 e. The molecule has 0 aromatic heterocycles. The number of hydrogen-bond acceptors (Lipinski definition) is 6. The second kappa shape index (κ2) is 13.0. The van der Waals surface area contributed by atoms with Gasteiger partial charge < -0.3 is 21.7 Å². The number of hydrogen-bond donors (Lipinski definition) is 4. The fourth-order valence-corrected chi connectivity index (χ4v) is 8.20. The van der Waals surface area contributed by atoms with Crippen LogP contribution in [0.15, 0.2) is 35.5 Å². The Labute approximate surface area is 247 Å². The van der Waals surface area contributed by atoms with E-state index in [1.54, 1.807) is 7.05 Å². The van der Waals surface area contributed by atoms with Crippen molar-refractivity contribution in [2.24, 2.45) is 28.5 Å². The number of nitriles is 1. The van der Waals surface area contributed by atoms with Crippen molar-refractivity contribution in [3.63, 3.8) is 0 Å². The highest BCUT2D eigenvalue weighted by atomic mass is 16.1. The lowest BCUT2D eigenvalue weighted by atomic mass is 9.57. The minimum absolute atomic E-state index is 0.00688. The van der Waals surface area contributed by atoms with E-state index in [0.717, 1.165) is 76.7 Å². The summed E-state index contributed by atoms with van der Waals surface area (Å²) in [6.45, 7) is 11.3. The van der Waals surface area contributed by atoms with Gasteiger partial charge in [0.15, 0.2) is 0 Å². The van der Waals surface area contributed by atoms with Gasteiger partial charge in [-0.3, -0.25) is 14.7 Å². The van der Waals surface area contributed by atoms with E-state index in [-0.39, 0.29) is 17.5 Å². The first-order valence-corrected chi connectivity index (χ1v) is 15.4. The average Bonchev–Trinajstić information content (AvgIpc) is 3.44. The number of fused-ring (bicyclic) bond motifs is 2. The summed E-state index contributed by atoms with van der Waals surface area (Å²) in [5, 5.41) is 19.5. The van der Waals surface area contributed by atoms with Gasteiger partial charge in [0, 0.05) is 51.0 Å². The number of carbonyl (C=O) groups excluding carboxylic acids is 1. The lowest BCUT2D eigenvalue weighted by Gasteiger charge is -2.48. The maximum Gasteiger partial charge on any atom is 0.251 e. The molecule has 4 rings (SSSR count). The fourth-order valence-electron chi connectivity index (χ4n) is 8.20. The third-order valence-corrected chi connectivity index (χ3v) is 10.4. The summed E-state index contributed by atoms with van der Waals surface area (Å²) in [5.41, 5.74) is 10.7. The summed E-state index contributed by atoms with van der Waals surface area (Å²) in [5.74, 6) is 1.92. The highest BCUT2D eigenvalue weighted by Crippen LogP contribution is 2.53. The highest BCUT2D eigenvalue weighted by Gasteiger charge is 2.51. The van der Waals surface area contributed by atoms with Crippen LogP contribution in [0.3, 0.4) is 0 Å². The molecule has 1 saturated heterocycles. The zero-order valence-corrected chi connectivity index (χ0v) is 25.9. The van der Waals surface area contributed by atoms with E-state index in [2.05, 4.69) is 64.5 Å². The number of allylic oxidation sites excluding steroid dienone is 1. The molecule has 5 atom stereocenters. The molecule has 8 heteroatoms. The predicted octanol–water partition coefficient (Wildman–Crippen LogP) is 3.73. The summed E-state index contributed by atoms with van der Waals surface area (Å²) < 4.78 is 0. The number of carbonyl (C=O) groups is 1. The van der Waals surface area contributed by atoms with Crippen molar-refractivity contribution < 1.29 is 4.79 Å². The van der Waals surface area contributed by atoms with Crippen LogP contribution in [-0.2, 0) is 11.8 Å². The van der Waals surface area contributed by atoms with Crippen molar-refractivity contribution in [1.29, 1.82) is 5.26 Å². The lowest BCUT2D eigenvalue weighted by molar-refractivity contribution is 0.0963. The lowest BCUT2D eigenvalue weighted by Crippen LogP contribution is -2.55. The smallest absolute Gasteiger partial charge is 0.251 e. The largest absolute Gasteiger partial charge is 0.392 e. The average molecular weight is 562 g/mol. The van der Waals surface area contributed by atoms with Crippen molar-refractivity contribution >= 4 is 11.7 Å². The van der Waals surface area contributed by atoms with Gasteiger partial charge in [-0.15, -0.1) is 0 Å². The monoisotopic (exact) mass is 561 g/mol. The summed E-state index contributed by atoms with van der Waals surface area (Å²) in [6, 6.07) is 8.69. The summed E-state index contributed by atoms with van der Waals surface area (Å²) in [6.07, 6.45) is 8.07. The Morgan fingerprint density at radius 2 is 2.02 bits per heavy atom. The summed E-state index contributed by atoms with van der Waals surface area (Å²) in [4.78, 5) is 19.6. The zero-order chi connectivity index (χ0) is 29.8. The number of aryl methyl sites for hydroxylation is 1. The Bertz CT molecular complexity index is 1180. The zero-order valence-electron chi connectivity index (χ0n) is 25.9. The van der Waals surface area contributed by atoms with Gasteiger partial charge in [0.2, 0.25) is 0 Å². The van der Waals surface area contributed by atoms with E-state index in [1.807, 2.05) is 20.2 Å². The number of nitrogens with one attached hydrogen (secondary N) is 3. The number of likely N-dealkylation sites (tertiary alicyclic amines) is 1. The third kappa shape index (κ3) is 6.03. The van der Waals surface area contributed by atoms with Crippen molar-refractivity contribution in [3.8, 4) is 6.07 Å². The van der Waals surface area contributed by atoms with Crippen molar-refractivity contribution in [1.82, 2.24) is 20.9 Å². The van der Waals surface area contributed by atoms with E-state index in [4.69, 9.17) is 5.73 Å². The second-order valence-electron chi connectivity index (χ2n) is 12.9. The van der Waals surface area contributed by atoms with Gasteiger partial charge in [0.1, 0.15) is 5.84 Å². The number of amidine groups is 1. The summed E-state index contributed by atoms with van der Waals surface area (Å²) in [7, 11) is 5.46. The molecular formula is C33H51N7O. The van der Waals surface area contributed by atoms with Crippen LogP contribution in [0, 0.1) is 29.1 Å². The van der Waals surface area contributed by atoms with Gasteiger partial charge in [0.25, 0.3) is 5.91 Å². The molecule has 1 aromatic rings. The van der Waals surface area contributed by atoms with Gasteiger partial charge in [-0.1, -0.05) is 12.6 Å². The van der Waals surface area contributed by atoms with Gasteiger partial charge >= 0.3 is 0 Å². The molecule has 1 saturated carbocycles. The van der Waals surface area contributed by atoms with E-state index in [0.29, 0.717) is 29.2 Å². The van der Waals surface area contributed by atoms with Crippen molar-refractivity contribution in [2.75, 3.05) is 40.8 Å². The van der Waals surface area contributed by atoms with Crippen LogP contribution < -0.4 is 21.7 Å². The third-order valence-electron chi connectivity index (χ3n) is 10.4. The van der Waals surface area contributed by atoms with Crippen LogP contribution in [0.25, 0.3) is 0 Å². The molecule has 1 aromatic carbocycles. The standard InChI is InChI=1S/C33H51N7O/c1-22(36-4)23-11-13-28-24(18-23)9-10-25-19-26(30(41)37-5)12-14-29(25)33(28,31(35)38-6)15-16-39-21-32(2,3)40-17-7-8-27(40)20-34/h12,14,19,23-24,27-28,36,39H,1,7-11,13,15-18,21H2,2-6H3,(H2,35,38)(H,37,41). The van der Waals surface area contributed by atoms with Gasteiger partial charge in [0.05, 0.1) is 17.5 Å². The molecule has 41 heavy (non-hydrogen) atoms. The highest BCUT2D eigenvalue weighted by molar-refractivity contribution is 5.96. The molecule has 0 spiro atoms. The number of benzene rings is 1. The second-order valence-corrected chi connectivity index (χ2v) is 12.9. The number of aliphatic imine (C=N–C) groups is 1. The Balaban J connectivity index is 1.67. The molecule has 1 amide bonds. The van der Waals surface area contributed by atoms with E-state index >= 15 is 0 Å². The molecule has 0 bridgehead atoms. The number of amides is 1. The number of nitrogens with two attached hydrogens (primary N) is 1. The Morgan fingerprint density at radius 3 is 2.71 bits per heavy atom. The van der Waals surface area contributed by atoms with E-state index < -0.39 is 5.41 Å². The SMILES string of the molecule is C=C(NC)C1CCC2C(CCc3cc(C(=O)NC)ccc3C2(CCNCC(C)(C)N2CCCC2C#N)C(N)=NC)C1. The van der Waals surface area contributed by atoms with Gasteiger partial charge in [-0.25, -0.2) is 0 Å². The maximum absolute atomic E-state index is 12.6. The normalized spacial score (nSPS) is 28.6. The molecular weight excluding hydrogens is 510 g/mol. The Kier molecular flexibility index (Phi) is 9.81. The maximum atomic E-state index is 12.6. The number of rotatable bonds is 10. The molecule has 0 radical (unpaired) electrons. The van der Waals surface area contributed by atoms with E-state index in [9.17, 15) is 10.1 Å². The van der Waals surface area contributed by atoms with Gasteiger partial charge in [-0.05, 0) is 113 Å². The van der Waals surface area contributed by atoms with Crippen LogP contribution >= 0.6 is 0 Å². The first kappa shape index (κ1) is 31.1. The molecule has 5 N–H and O–H groups in total. The first-order chi connectivity index (χ1) is 19.6. The molecule has 5 unspecified atom stereocenters. The molecule has 1 heterocycles. The summed E-state index contributed by atoms with van der Waals surface area (Å²) >= 11 is 0. The Morgan fingerprint density at radius 1 is 1.24 bits per heavy atom. The Hall–Kier alpha value is -2.89. The molecule has 2 aliphatic carbocycles. The number of nitrogens with zero attached hydrogens (tertiary/aromatic N) is 3. The van der Waals surface area contributed by atoms with Crippen molar-refractivity contribution in [3.05, 3.63) is 47.2 Å². The topological polar surface area (TPSA) is 119 Å². The first-order valence-electron chi connectivity index (χ1n) is 15.4.